The van der Waals surface area contributed by atoms with E-state index in [1.165, 1.54) is 43.3 Å². The van der Waals surface area contributed by atoms with Crippen LogP contribution in [0.4, 0.5) is 11.5 Å². The third kappa shape index (κ3) is 4.78. The number of benzene rings is 1. The van der Waals surface area contributed by atoms with Crippen molar-refractivity contribution in [3.05, 3.63) is 41.6 Å². The van der Waals surface area contributed by atoms with Gasteiger partial charge in [-0.25, -0.2) is 8.42 Å². The van der Waals surface area contributed by atoms with Crippen molar-refractivity contribution in [3.63, 3.8) is 0 Å². The van der Waals surface area contributed by atoms with Gasteiger partial charge in [0.2, 0.25) is 5.91 Å². The molecular weight excluding hydrogens is 363 g/mol. The van der Waals surface area contributed by atoms with Crippen LogP contribution >= 0.6 is 23.2 Å². The van der Waals surface area contributed by atoms with Gasteiger partial charge < -0.3 is 5.32 Å². The number of halogens is 2. The molecular formula is C13H12Cl2N4O3S. The van der Waals surface area contributed by atoms with Crippen LogP contribution in [0.3, 0.4) is 0 Å². The van der Waals surface area contributed by atoms with Gasteiger partial charge in [0.25, 0.3) is 10.0 Å². The van der Waals surface area contributed by atoms with E-state index >= 15 is 0 Å². The molecule has 1 amide bonds. The molecule has 0 saturated heterocycles. The number of anilines is 2. The number of nitrogens with one attached hydrogen (secondary N) is 2. The normalized spacial score (nSPS) is 12.5. The number of rotatable bonds is 5. The molecule has 7 nitrogen and oxygen atoms in total. The van der Waals surface area contributed by atoms with Crippen molar-refractivity contribution in [2.24, 2.45) is 0 Å². The summed E-state index contributed by atoms with van der Waals surface area (Å²) in [5.74, 6) is -0.334. The van der Waals surface area contributed by atoms with Crippen molar-refractivity contribution in [3.8, 4) is 0 Å². The molecule has 0 aliphatic rings. The van der Waals surface area contributed by atoms with E-state index in [-0.39, 0.29) is 21.8 Å². The van der Waals surface area contributed by atoms with Gasteiger partial charge in [-0.05, 0) is 43.3 Å². The number of sulfonamides is 1. The van der Waals surface area contributed by atoms with E-state index in [4.69, 9.17) is 23.2 Å². The number of carbonyl (C=O) groups excluding carboxylic acids is 1. The highest BCUT2D eigenvalue weighted by atomic mass is 35.5. The van der Waals surface area contributed by atoms with Crippen LogP contribution in [0.15, 0.2) is 41.3 Å². The summed E-state index contributed by atoms with van der Waals surface area (Å²) < 4.78 is 26.7. The molecule has 1 heterocycles. The summed E-state index contributed by atoms with van der Waals surface area (Å²) in [4.78, 5) is 11.5. The Kier molecular flexibility index (Phi) is 5.40. The second kappa shape index (κ2) is 7.12. The Balaban J connectivity index is 2.14. The van der Waals surface area contributed by atoms with Crippen LogP contribution in [-0.4, -0.2) is 29.9 Å². The molecule has 2 N–H and O–H groups in total. The maximum atomic E-state index is 12.2. The van der Waals surface area contributed by atoms with Crippen LogP contribution in [0.1, 0.15) is 6.92 Å². The lowest BCUT2D eigenvalue weighted by Gasteiger charge is -2.09. The minimum atomic E-state index is -3.82. The minimum Gasteiger partial charge on any atom is -0.325 e. The Morgan fingerprint density at radius 1 is 1.13 bits per heavy atom. The second-order valence-electron chi connectivity index (χ2n) is 4.48. The Labute approximate surface area is 143 Å². The van der Waals surface area contributed by atoms with Gasteiger partial charge in [0.05, 0.1) is 4.90 Å². The van der Waals surface area contributed by atoms with E-state index in [1.807, 2.05) is 0 Å². The summed E-state index contributed by atoms with van der Waals surface area (Å²) >= 11 is 11.2. The zero-order valence-electron chi connectivity index (χ0n) is 11.8. The molecule has 0 bridgehead atoms. The van der Waals surface area contributed by atoms with Gasteiger partial charge in [0, 0.05) is 5.69 Å². The topological polar surface area (TPSA) is 101 Å². The van der Waals surface area contributed by atoms with Gasteiger partial charge in [-0.3, -0.25) is 9.52 Å². The van der Waals surface area contributed by atoms with E-state index in [2.05, 4.69) is 20.2 Å². The average Bonchev–Trinajstić information content (AvgIpc) is 2.50. The summed E-state index contributed by atoms with van der Waals surface area (Å²) in [6, 6.07) is 8.42. The van der Waals surface area contributed by atoms with Gasteiger partial charge in [-0.15, -0.1) is 21.8 Å². The van der Waals surface area contributed by atoms with Crippen molar-refractivity contribution in [1.82, 2.24) is 10.2 Å². The molecule has 0 saturated carbocycles. The van der Waals surface area contributed by atoms with Gasteiger partial charge in [0.1, 0.15) is 5.38 Å². The van der Waals surface area contributed by atoms with Crippen molar-refractivity contribution in [2.75, 3.05) is 10.0 Å². The number of amides is 1. The van der Waals surface area contributed by atoms with E-state index < -0.39 is 15.4 Å². The van der Waals surface area contributed by atoms with E-state index in [0.29, 0.717) is 5.69 Å². The molecule has 0 spiro atoms. The smallest absolute Gasteiger partial charge is 0.263 e. The lowest BCUT2D eigenvalue weighted by Crippen LogP contribution is -2.20. The number of carbonyl (C=O) groups is 1. The summed E-state index contributed by atoms with van der Waals surface area (Å²) in [6.07, 6.45) is 0. The SMILES string of the molecule is C[C@@H](Cl)C(=O)Nc1ccc(S(=O)(=O)Nc2ccc(Cl)nn2)cc1. The molecule has 23 heavy (non-hydrogen) atoms. The largest absolute Gasteiger partial charge is 0.325 e. The monoisotopic (exact) mass is 374 g/mol. The Hall–Kier alpha value is -1.90. The fourth-order valence-corrected chi connectivity index (χ4v) is 2.68. The predicted molar refractivity (Wildman–Crippen MR) is 88.2 cm³/mol. The number of hydrogen-bond acceptors (Lipinski definition) is 5. The number of nitrogens with zero attached hydrogens (tertiary/aromatic N) is 2. The van der Waals surface area contributed by atoms with Gasteiger partial charge in [-0.1, -0.05) is 11.6 Å². The zero-order chi connectivity index (χ0) is 17.0. The lowest BCUT2D eigenvalue weighted by atomic mass is 10.3. The van der Waals surface area contributed by atoms with Crippen LogP contribution in [-0.2, 0) is 14.8 Å². The second-order valence-corrected chi connectivity index (χ2v) is 7.20. The molecule has 2 rings (SSSR count). The van der Waals surface area contributed by atoms with Crippen LogP contribution in [0.25, 0.3) is 0 Å². The van der Waals surface area contributed by atoms with Crippen LogP contribution < -0.4 is 10.0 Å². The molecule has 0 radical (unpaired) electrons. The number of hydrogen-bond donors (Lipinski definition) is 2. The highest BCUT2D eigenvalue weighted by Gasteiger charge is 2.16. The molecule has 0 unspecified atom stereocenters. The zero-order valence-corrected chi connectivity index (χ0v) is 14.2. The standard InChI is InChI=1S/C13H12Cl2N4O3S/c1-8(14)13(20)16-9-2-4-10(5-3-9)23(21,22)19-12-7-6-11(15)17-18-12/h2-8H,1H3,(H,16,20)(H,18,19)/t8-/m1/s1. The highest BCUT2D eigenvalue weighted by Crippen LogP contribution is 2.18. The third-order valence-electron chi connectivity index (χ3n) is 2.66. The van der Waals surface area contributed by atoms with E-state index in [1.54, 1.807) is 0 Å². The summed E-state index contributed by atoms with van der Waals surface area (Å²) in [5.41, 5.74) is 0.438. The van der Waals surface area contributed by atoms with Crippen LogP contribution in [0, 0.1) is 0 Å². The van der Waals surface area contributed by atoms with Gasteiger partial charge in [-0.2, -0.15) is 0 Å². The first-order valence-corrected chi connectivity index (χ1v) is 8.65. The fourth-order valence-electron chi connectivity index (χ4n) is 1.53. The molecule has 1 aromatic heterocycles. The highest BCUT2D eigenvalue weighted by molar-refractivity contribution is 7.92. The maximum Gasteiger partial charge on any atom is 0.263 e. The number of alkyl halides is 1. The fraction of sp³-hybridized carbons (Fsp3) is 0.154. The number of aromatic nitrogens is 2. The molecule has 10 heteroatoms. The van der Waals surface area contributed by atoms with Gasteiger partial charge >= 0.3 is 0 Å². The lowest BCUT2D eigenvalue weighted by molar-refractivity contribution is -0.115. The molecule has 0 fully saturated rings. The Morgan fingerprint density at radius 2 is 1.78 bits per heavy atom. The first-order valence-electron chi connectivity index (χ1n) is 6.35. The predicted octanol–water partition coefficient (Wildman–Crippen LogP) is 2.50. The first-order chi connectivity index (χ1) is 10.8. The quantitative estimate of drug-likeness (QED) is 0.782. The Morgan fingerprint density at radius 3 is 2.30 bits per heavy atom. The molecule has 122 valence electrons. The maximum absolute atomic E-state index is 12.2. The molecule has 1 atom stereocenters. The average molecular weight is 375 g/mol. The molecule has 2 aromatic rings. The van der Waals surface area contributed by atoms with Crippen molar-refractivity contribution >= 4 is 50.6 Å². The summed E-state index contributed by atoms with van der Waals surface area (Å²) in [5, 5.41) is 9.19. The molecule has 0 aliphatic carbocycles. The Bertz CT molecular complexity index is 793. The summed E-state index contributed by atoms with van der Waals surface area (Å²) in [6.45, 7) is 1.53. The third-order valence-corrected chi connectivity index (χ3v) is 4.43. The minimum absolute atomic E-state index is 0.00571. The van der Waals surface area contributed by atoms with Crippen molar-refractivity contribution in [1.29, 1.82) is 0 Å². The van der Waals surface area contributed by atoms with Crippen LogP contribution in [0.5, 0.6) is 0 Å². The molecule has 1 aromatic carbocycles. The first kappa shape index (κ1) is 17.5. The van der Waals surface area contributed by atoms with E-state index in [9.17, 15) is 13.2 Å². The van der Waals surface area contributed by atoms with Crippen molar-refractivity contribution in [2.45, 2.75) is 17.2 Å². The van der Waals surface area contributed by atoms with Crippen LogP contribution in [0.2, 0.25) is 5.15 Å². The summed E-state index contributed by atoms with van der Waals surface area (Å²) in [7, 11) is -3.82. The van der Waals surface area contributed by atoms with E-state index in [0.717, 1.165) is 0 Å². The van der Waals surface area contributed by atoms with Crippen molar-refractivity contribution < 1.29 is 13.2 Å². The molecule has 0 aliphatic heterocycles. The van der Waals surface area contributed by atoms with Gasteiger partial charge in [0.15, 0.2) is 11.0 Å².